The minimum atomic E-state index is 0. The van der Waals surface area contributed by atoms with Gasteiger partial charge in [-0.2, -0.15) is 0 Å². The molecule has 100 valence electrons. The topological polar surface area (TPSA) is 63.7 Å². The van der Waals surface area contributed by atoms with E-state index in [4.69, 9.17) is 10.5 Å². The van der Waals surface area contributed by atoms with Crippen LogP contribution in [-0.4, -0.2) is 36.0 Å². The van der Waals surface area contributed by atoms with E-state index in [0.29, 0.717) is 24.4 Å². The van der Waals surface area contributed by atoms with Crippen molar-refractivity contribution in [2.24, 2.45) is 10.7 Å². The zero-order chi connectivity index (χ0) is 12.3. The first-order valence-corrected chi connectivity index (χ1v) is 5.73. The minimum absolute atomic E-state index is 0. The molecular formula is C12H19IN4O. The summed E-state index contributed by atoms with van der Waals surface area (Å²) in [5.74, 6) is 1.19. The van der Waals surface area contributed by atoms with Crippen molar-refractivity contribution in [2.45, 2.75) is 25.4 Å². The van der Waals surface area contributed by atoms with Crippen molar-refractivity contribution in [3.05, 3.63) is 23.9 Å². The molecule has 2 N–H and O–H groups in total. The van der Waals surface area contributed by atoms with Crippen molar-refractivity contribution < 1.29 is 4.74 Å². The molecular weight excluding hydrogens is 343 g/mol. The second-order valence-electron chi connectivity index (χ2n) is 4.19. The van der Waals surface area contributed by atoms with E-state index in [1.807, 2.05) is 24.1 Å². The van der Waals surface area contributed by atoms with Crippen molar-refractivity contribution >= 4 is 29.9 Å². The van der Waals surface area contributed by atoms with Gasteiger partial charge in [0, 0.05) is 24.8 Å². The second kappa shape index (κ2) is 6.77. The molecule has 0 radical (unpaired) electrons. The molecule has 5 nitrogen and oxygen atoms in total. The van der Waals surface area contributed by atoms with Crippen molar-refractivity contribution in [3.8, 4) is 5.88 Å². The zero-order valence-corrected chi connectivity index (χ0v) is 13.0. The van der Waals surface area contributed by atoms with Gasteiger partial charge in [-0.05, 0) is 18.9 Å². The Morgan fingerprint density at radius 3 is 2.94 bits per heavy atom. The Balaban J connectivity index is 0.00000162. The Labute approximate surface area is 124 Å². The van der Waals surface area contributed by atoms with Crippen LogP contribution < -0.4 is 10.5 Å². The number of rotatable bonds is 4. The van der Waals surface area contributed by atoms with E-state index in [1.165, 1.54) is 12.8 Å². The monoisotopic (exact) mass is 362 g/mol. The summed E-state index contributed by atoms with van der Waals surface area (Å²) in [6, 6.07) is 4.39. The van der Waals surface area contributed by atoms with Gasteiger partial charge < -0.3 is 15.4 Å². The molecule has 0 atom stereocenters. The molecule has 0 aromatic carbocycles. The number of aromatic nitrogens is 1. The second-order valence-corrected chi connectivity index (χ2v) is 4.19. The maximum atomic E-state index is 5.91. The molecule has 1 fully saturated rings. The highest BCUT2D eigenvalue weighted by molar-refractivity contribution is 14.0. The largest absolute Gasteiger partial charge is 0.481 e. The van der Waals surface area contributed by atoms with Crippen LogP contribution in [0.1, 0.15) is 18.4 Å². The molecule has 1 aromatic rings. The van der Waals surface area contributed by atoms with Gasteiger partial charge in [0.25, 0.3) is 0 Å². The summed E-state index contributed by atoms with van der Waals surface area (Å²) in [4.78, 5) is 10.5. The Morgan fingerprint density at radius 1 is 1.61 bits per heavy atom. The SMILES string of the molecule is COc1ncccc1CN=C(N)N(C)C1CC1.I. The number of hydrogen-bond donors (Lipinski definition) is 1. The maximum absolute atomic E-state index is 5.91. The molecule has 1 aliphatic carbocycles. The van der Waals surface area contributed by atoms with Crippen LogP contribution in [0.5, 0.6) is 5.88 Å². The average molecular weight is 362 g/mol. The Kier molecular flexibility index (Phi) is 5.64. The van der Waals surface area contributed by atoms with Crippen molar-refractivity contribution in [2.75, 3.05) is 14.2 Å². The lowest BCUT2D eigenvalue weighted by Gasteiger charge is -2.16. The highest BCUT2D eigenvalue weighted by Crippen LogP contribution is 2.25. The van der Waals surface area contributed by atoms with Crippen LogP contribution in [-0.2, 0) is 6.54 Å². The van der Waals surface area contributed by atoms with Crippen LogP contribution in [0, 0.1) is 0 Å². The Morgan fingerprint density at radius 2 is 2.33 bits per heavy atom. The first-order chi connectivity index (χ1) is 8.22. The highest BCUT2D eigenvalue weighted by Gasteiger charge is 2.27. The standard InChI is InChI=1S/C12H18N4O.HI/c1-16(10-5-6-10)12(13)15-8-9-4-3-7-14-11(9)17-2;/h3-4,7,10H,5-6,8H2,1-2H3,(H2,13,15);1H. The summed E-state index contributed by atoms with van der Waals surface area (Å²) in [5, 5.41) is 0. The highest BCUT2D eigenvalue weighted by atomic mass is 127. The first kappa shape index (κ1) is 15.0. The van der Waals surface area contributed by atoms with E-state index in [0.717, 1.165) is 5.56 Å². The van der Waals surface area contributed by atoms with E-state index in [2.05, 4.69) is 9.98 Å². The molecule has 18 heavy (non-hydrogen) atoms. The van der Waals surface area contributed by atoms with E-state index in [9.17, 15) is 0 Å². The number of guanidine groups is 1. The van der Waals surface area contributed by atoms with Crippen molar-refractivity contribution in [3.63, 3.8) is 0 Å². The third-order valence-electron chi connectivity index (χ3n) is 2.91. The number of ether oxygens (including phenoxy) is 1. The number of pyridine rings is 1. The third-order valence-corrected chi connectivity index (χ3v) is 2.91. The zero-order valence-electron chi connectivity index (χ0n) is 10.7. The summed E-state index contributed by atoms with van der Waals surface area (Å²) in [7, 11) is 3.59. The molecule has 6 heteroatoms. The molecule has 1 saturated carbocycles. The summed E-state index contributed by atoms with van der Waals surface area (Å²) in [6.07, 6.45) is 4.12. The molecule has 0 amide bonds. The number of aliphatic imine (C=N–C) groups is 1. The molecule has 0 aliphatic heterocycles. The van der Waals surface area contributed by atoms with Gasteiger partial charge in [0.15, 0.2) is 5.96 Å². The quantitative estimate of drug-likeness (QED) is 0.502. The molecule has 2 rings (SSSR count). The van der Waals surface area contributed by atoms with Crippen LogP contribution in [0.15, 0.2) is 23.3 Å². The van der Waals surface area contributed by atoms with Gasteiger partial charge in [0.2, 0.25) is 5.88 Å². The molecule has 0 bridgehead atoms. The normalized spacial score (nSPS) is 14.9. The van der Waals surface area contributed by atoms with Crippen LogP contribution in [0.3, 0.4) is 0 Å². The predicted octanol–water partition coefficient (Wildman–Crippen LogP) is 1.62. The van der Waals surface area contributed by atoms with Gasteiger partial charge in [0.05, 0.1) is 13.7 Å². The van der Waals surface area contributed by atoms with Crippen LogP contribution in [0.25, 0.3) is 0 Å². The first-order valence-electron chi connectivity index (χ1n) is 5.73. The van der Waals surface area contributed by atoms with Gasteiger partial charge in [-0.1, -0.05) is 6.07 Å². The summed E-state index contributed by atoms with van der Waals surface area (Å²) in [5.41, 5.74) is 6.86. The number of halogens is 1. The van der Waals surface area contributed by atoms with Crippen LogP contribution in [0.4, 0.5) is 0 Å². The van der Waals surface area contributed by atoms with Crippen molar-refractivity contribution in [1.29, 1.82) is 0 Å². The number of hydrogen-bond acceptors (Lipinski definition) is 3. The fourth-order valence-corrected chi connectivity index (χ4v) is 1.65. The van der Waals surface area contributed by atoms with Gasteiger partial charge >= 0.3 is 0 Å². The molecule has 0 spiro atoms. The number of methoxy groups -OCH3 is 1. The number of nitrogens with zero attached hydrogens (tertiary/aromatic N) is 3. The Bertz CT molecular complexity index is 420. The average Bonchev–Trinajstić information content (AvgIpc) is 3.19. The summed E-state index contributed by atoms with van der Waals surface area (Å²) < 4.78 is 5.16. The Hall–Kier alpha value is -1.05. The summed E-state index contributed by atoms with van der Waals surface area (Å²) >= 11 is 0. The van der Waals surface area contributed by atoms with Gasteiger partial charge in [-0.25, -0.2) is 9.98 Å². The number of nitrogens with two attached hydrogens (primary N) is 1. The lowest BCUT2D eigenvalue weighted by molar-refractivity contribution is 0.392. The lowest BCUT2D eigenvalue weighted by Crippen LogP contribution is -2.35. The van der Waals surface area contributed by atoms with E-state index in [1.54, 1.807) is 13.3 Å². The fourth-order valence-electron chi connectivity index (χ4n) is 1.65. The lowest BCUT2D eigenvalue weighted by atomic mass is 10.3. The molecule has 0 saturated heterocycles. The van der Waals surface area contributed by atoms with Gasteiger partial charge in [0.1, 0.15) is 0 Å². The smallest absolute Gasteiger partial charge is 0.218 e. The van der Waals surface area contributed by atoms with Gasteiger partial charge in [-0.15, -0.1) is 24.0 Å². The van der Waals surface area contributed by atoms with Crippen LogP contribution >= 0.6 is 24.0 Å². The van der Waals surface area contributed by atoms with Crippen molar-refractivity contribution in [1.82, 2.24) is 9.88 Å². The molecule has 1 aliphatic rings. The minimum Gasteiger partial charge on any atom is -0.481 e. The van der Waals surface area contributed by atoms with E-state index in [-0.39, 0.29) is 24.0 Å². The van der Waals surface area contributed by atoms with Gasteiger partial charge in [-0.3, -0.25) is 0 Å². The van der Waals surface area contributed by atoms with Crippen LogP contribution in [0.2, 0.25) is 0 Å². The van der Waals surface area contributed by atoms with E-state index >= 15 is 0 Å². The molecule has 1 aromatic heterocycles. The molecule has 0 unspecified atom stereocenters. The third kappa shape index (κ3) is 3.72. The maximum Gasteiger partial charge on any atom is 0.218 e. The molecule has 1 heterocycles. The predicted molar refractivity (Wildman–Crippen MR) is 82.3 cm³/mol. The van der Waals surface area contributed by atoms with E-state index < -0.39 is 0 Å². The summed E-state index contributed by atoms with van der Waals surface area (Å²) in [6.45, 7) is 0.500. The fraction of sp³-hybridized carbons (Fsp3) is 0.500.